The van der Waals surface area contributed by atoms with E-state index in [0.29, 0.717) is 25.0 Å². The van der Waals surface area contributed by atoms with Crippen LogP contribution in [0.3, 0.4) is 0 Å². The summed E-state index contributed by atoms with van der Waals surface area (Å²) >= 11 is 0. The Morgan fingerprint density at radius 2 is 2.11 bits per heavy atom. The summed E-state index contributed by atoms with van der Waals surface area (Å²) in [4.78, 5) is 11.8. The van der Waals surface area contributed by atoms with Gasteiger partial charge in [0.1, 0.15) is 5.82 Å². The second-order valence-corrected chi connectivity index (χ2v) is 7.46. The van der Waals surface area contributed by atoms with Crippen molar-refractivity contribution >= 4 is 5.82 Å². The van der Waals surface area contributed by atoms with Gasteiger partial charge in [-0.2, -0.15) is 4.98 Å². The van der Waals surface area contributed by atoms with Gasteiger partial charge in [0, 0.05) is 25.9 Å². The molecule has 27 heavy (non-hydrogen) atoms. The quantitative estimate of drug-likeness (QED) is 0.744. The lowest BCUT2D eigenvalue weighted by Gasteiger charge is -2.34. The number of rotatable bonds is 7. The van der Waals surface area contributed by atoms with Gasteiger partial charge in [-0.1, -0.05) is 24.4 Å². The first-order valence-electron chi connectivity index (χ1n) is 10.1. The summed E-state index contributed by atoms with van der Waals surface area (Å²) < 4.78 is 10.8. The highest BCUT2D eigenvalue weighted by molar-refractivity contribution is 5.69. The van der Waals surface area contributed by atoms with Gasteiger partial charge < -0.3 is 14.6 Å². The van der Waals surface area contributed by atoms with Crippen LogP contribution in [0.15, 0.2) is 22.9 Å². The van der Waals surface area contributed by atoms with E-state index in [1.165, 1.54) is 38.5 Å². The van der Waals surface area contributed by atoms with E-state index in [1.807, 2.05) is 12.1 Å². The summed E-state index contributed by atoms with van der Waals surface area (Å²) in [5.41, 5.74) is 0.866. The lowest BCUT2D eigenvalue weighted by Crippen LogP contribution is -2.36. The third kappa shape index (κ3) is 4.14. The lowest BCUT2D eigenvalue weighted by molar-refractivity contribution is 0.121. The summed E-state index contributed by atoms with van der Waals surface area (Å²) in [6.45, 7) is 2.44. The Labute approximate surface area is 160 Å². The lowest BCUT2D eigenvalue weighted by atomic mass is 9.94. The molecule has 4 rings (SSSR count). The molecule has 0 radical (unpaired) electrons. The van der Waals surface area contributed by atoms with E-state index in [4.69, 9.17) is 14.2 Å². The summed E-state index contributed by atoms with van der Waals surface area (Å²) in [6, 6.07) is 4.81. The van der Waals surface area contributed by atoms with Crippen molar-refractivity contribution in [1.82, 2.24) is 20.0 Å². The second kappa shape index (κ2) is 8.80. The molecule has 1 atom stereocenters. The van der Waals surface area contributed by atoms with Gasteiger partial charge in [0.25, 0.3) is 0 Å². The first-order valence-corrected chi connectivity index (χ1v) is 10.1. The predicted molar refractivity (Wildman–Crippen MR) is 103 cm³/mol. The van der Waals surface area contributed by atoms with E-state index in [2.05, 4.69) is 20.4 Å². The number of hydrogen-bond acceptors (Lipinski definition) is 7. The van der Waals surface area contributed by atoms with Crippen LogP contribution in [0, 0.1) is 0 Å². The van der Waals surface area contributed by atoms with Crippen LogP contribution in [0.1, 0.15) is 56.9 Å². The van der Waals surface area contributed by atoms with Crippen molar-refractivity contribution in [3.8, 4) is 11.4 Å². The summed E-state index contributed by atoms with van der Waals surface area (Å²) in [5, 5.41) is 7.56. The van der Waals surface area contributed by atoms with Gasteiger partial charge in [-0.3, -0.25) is 4.90 Å². The number of likely N-dealkylation sites (tertiary alicyclic amines) is 1. The highest BCUT2D eigenvalue weighted by Gasteiger charge is 2.35. The van der Waals surface area contributed by atoms with Crippen LogP contribution < -0.4 is 5.32 Å². The van der Waals surface area contributed by atoms with Gasteiger partial charge >= 0.3 is 0 Å². The van der Waals surface area contributed by atoms with E-state index >= 15 is 0 Å². The Balaban J connectivity index is 1.51. The Morgan fingerprint density at radius 3 is 2.96 bits per heavy atom. The molecule has 7 heteroatoms. The highest BCUT2D eigenvalue weighted by atomic mass is 16.5. The van der Waals surface area contributed by atoms with Crippen molar-refractivity contribution in [3.05, 3.63) is 24.2 Å². The molecule has 2 aromatic heterocycles. The maximum Gasteiger partial charge on any atom is 0.244 e. The number of aromatic nitrogens is 3. The van der Waals surface area contributed by atoms with Crippen molar-refractivity contribution in [2.75, 3.05) is 32.1 Å². The van der Waals surface area contributed by atoms with Crippen molar-refractivity contribution in [2.45, 2.75) is 57.0 Å². The summed E-state index contributed by atoms with van der Waals surface area (Å²) in [6.07, 6.45) is 10.7. The zero-order valence-corrected chi connectivity index (χ0v) is 16.1. The van der Waals surface area contributed by atoms with Crippen LogP contribution in [0.25, 0.3) is 11.4 Å². The van der Waals surface area contributed by atoms with Gasteiger partial charge in [-0.05, 0) is 44.4 Å². The van der Waals surface area contributed by atoms with E-state index < -0.39 is 0 Å². The van der Waals surface area contributed by atoms with Crippen molar-refractivity contribution < 1.29 is 9.26 Å². The number of nitrogens with zero attached hydrogens (tertiary/aromatic N) is 4. The molecule has 0 amide bonds. The minimum Gasteiger partial charge on any atom is -0.383 e. The van der Waals surface area contributed by atoms with Crippen LogP contribution in [0.2, 0.25) is 0 Å². The number of nitrogens with one attached hydrogen (secondary N) is 1. The number of anilines is 1. The molecule has 3 heterocycles. The second-order valence-electron chi connectivity index (χ2n) is 7.46. The zero-order chi connectivity index (χ0) is 18.5. The molecule has 1 unspecified atom stereocenters. The first-order chi connectivity index (χ1) is 13.4. The minimum atomic E-state index is 0.260. The van der Waals surface area contributed by atoms with E-state index in [0.717, 1.165) is 30.2 Å². The SMILES string of the molecule is COCCNc1ncccc1-c1noc(C2CCCN2C2CCCCC2)n1. The largest absolute Gasteiger partial charge is 0.383 e. The zero-order valence-electron chi connectivity index (χ0n) is 16.1. The van der Waals surface area contributed by atoms with Crippen molar-refractivity contribution in [2.24, 2.45) is 0 Å². The first kappa shape index (κ1) is 18.4. The van der Waals surface area contributed by atoms with Gasteiger partial charge in [0.15, 0.2) is 0 Å². The molecular formula is C20H29N5O2. The molecule has 0 bridgehead atoms. The molecule has 7 nitrogen and oxygen atoms in total. The van der Waals surface area contributed by atoms with Crippen LogP contribution in [-0.4, -0.2) is 52.9 Å². The molecule has 0 spiro atoms. The van der Waals surface area contributed by atoms with Gasteiger partial charge in [0.05, 0.1) is 18.2 Å². The van der Waals surface area contributed by atoms with Crippen molar-refractivity contribution in [3.63, 3.8) is 0 Å². The Kier molecular flexibility index (Phi) is 5.99. The molecule has 146 valence electrons. The van der Waals surface area contributed by atoms with E-state index in [9.17, 15) is 0 Å². The standard InChI is InChI=1S/C20H29N5O2/c1-26-14-12-22-18-16(9-5-11-21-18)19-23-20(27-24-19)17-10-6-13-25(17)15-7-3-2-4-8-15/h5,9,11,15,17H,2-4,6-8,10,12-14H2,1H3,(H,21,22). The van der Waals surface area contributed by atoms with E-state index in [1.54, 1.807) is 13.3 Å². The number of ether oxygens (including phenoxy) is 1. The highest BCUT2D eigenvalue weighted by Crippen LogP contribution is 2.37. The Morgan fingerprint density at radius 1 is 1.22 bits per heavy atom. The molecule has 2 aromatic rings. The molecule has 0 aromatic carbocycles. The average Bonchev–Trinajstić information content (AvgIpc) is 3.39. The Bertz CT molecular complexity index is 729. The number of pyridine rings is 1. The molecular weight excluding hydrogens is 342 g/mol. The molecule has 1 aliphatic heterocycles. The fourth-order valence-electron chi connectivity index (χ4n) is 4.38. The van der Waals surface area contributed by atoms with E-state index in [-0.39, 0.29) is 6.04 Å². The molecule has 1 saturated heterocycles. The molecule has 2 aliphatic rings. The summed E-state index contributed by atoms with van der Waals surface area (Å²) in [5.74, 6) is 2.12. The van der Waals surface area contributed by atoms with Crippen LogP contribution in [-0.2, 0) is 4.74 Å². The third-order valence-electron chi connectivity index (χ3n) is 5.71. The maximum atomic E-state index is 5.72. The smallest absolute Gasteiger partial charge is 0.244 e. The minimum absolute atomic E-state index is 0.260. The number of methoxy groups -OCH3 is 1. The van der Waals surface area contributed by atoms with Gasteiger partial charge in [-0.15, -0.1) is 0 Å². The van der Waals surface area contributed by atoms with Crippen LogP contribution in [0.5, 0.6) is 0 Å². The number of hydrogen-bond donors (Lipinski definition) is 1. The van der Waals surface area contributed by atoms with Crippen LogP contribution in [0.4, 0.5) is 5.82 Å². The normalized spacial score (nSPS) is 21.6. The molecule has 1 N–H and O–H groups in total. The molecule has 1 saturated carbocycles. The van der Waals surface area contributed by atoms with Gasteiger partial charge in [0.2, 0.25) is 11.7 Å². The molecule has 1 aliphatic carbocycles. The fraction of sp³-hybridized carbons (Fsp3) is 0.650. The monoisotopic (exact) mass is 371 g/mol. The van der Waals surface area contributed by atoms with Crippen molar-refractivity contribution in [1.29, 1.82) is 0 Å². The summed E-state index contributed by atoms with van der Waals surface area (Å²) in [7, 11) is 1.69. The fourth-order valence-corrected chi connectivity index (χ4v) is 4.38. The topological polar surface area (TPSA) is 76.3 Å². The Hall–Kier alpha value is -1.99. The molecule has 2 fully saturated rings. The third-order valence-corrected chi connectivity index (χ3v) is 5.71. The van der Waals surface area contributed by atoms with Crippen LogP contribution >= 0.6 is 0 Å². The average molecular weight is 371 g/mol. The maximum absolute atomic E-state index is 5.72. The predicted octanol–water partition coefficient (Wildman–Crippen LogP) is 3.66. The van der Waals surface area contributed by atoms with Gasteiger partial charge in [-0.25, -0.2) is 4.98 Å².